The van der Waals surface area contributed by atoms with Gasteiger partial charge < -0.3 is 0 Å². The quantitative estimate of drug-likeness (QED) is 0.147. The first-order valence-electron chi connectivity index (χ1n) is 20.4. The topological polar surface area (TPSA) is 0 Å². The van der Waals surface area contributed by atoms with Crippen molar-refractivity contribution >= 4 is 94.9 Å². The van der Waals surface area contributed by atoms with Crippen molar-refractivity contribution in [3.8, 4) is 0 Å². The Morgan fingerprint density at radius 3 is 0.356 bits per heavy atom. The number of hydrogen-bond acceptors (Lipinski definition) is 0. The molecule has 0 aliphatic heterocycles. The third-order valence-electron chi connectivity index (χ3n) is 10.8. The average molecular weight is 945 g/mol. The van der Waals surface area contributed by atoms with E-state index in [0.29, 0.717) is 0 Å². The Balaban J connectivity index is 0.000000300. The summed E-state index contributed by atoms with van der Waals surface area (Å²) in [7, 11) is 2.29. The van der Waals surface area contributed by atoms with E-state index >= 15 is 0 Å². The molecule has 0 heterocycles. The van der Waals surface area contributed by atoms with Gasteiger partial charge in [0.05, 0.1) is 0 Å². The van der Waals surface area contributed by atoms with E-state index in [1.54, 1.807) is 0 Å². The van der Waals surface area contributed by atoms with Crippen LogP contribution < -0.4 is 31.1 Å². The monoisotopic (exact) mass is 946 g/mol. The number of hydrogen-bond donors (Lipinski definition) is 0. The standard InChI is InChI=1S/3C18H22Si.2Ge/c3*1-11-7-13(3)17(14(4)8-11)19-18-15(5)9-12(2)10-16(18)6;;/h3*7-10H,1-6H3;;. The van der Waals surface area contributed by atoms with Crippen LogP contribution in [0.25, 0.3) is 0 Å². The maximum Gasteiger partial charge on any atom is 0.122 e. The SMILES string of the molecule is Cc1cc(C)c([Si]c2c(C)cc(C)cc2C)c(C)c1.Cc1cc(C)c([Si]c2c(C)cc(C)cc2C)c(C)c1.Cc1cc(C)c([Si]c2c(C)cc(C)cc2C)c(C)c1.[Ge].[Ge]. The molecule has 0 atom stereocenters. The Morgan fingerprint density at radius 2 is 0.271 bits per heavy atom. The maximum absolute atomic E-state index is 2.30. The molecule has 0 bridgehead atoms. The Labute approximate surface area is 389 Å². The van der Waals surface area contributed by atoms with Crippen LogP contribution in [-0.4, -0.2) is 63.8 Å². The maximum atomic E-state index is 2.30. The van der Waals surface area contributed by atoms with Gasteiger partial charge in [-0.2, -0.15) is 0 Å². The molecule has 0 aromatic heterocycles. The summed E-state index contributed by atoms with van der Waals surface area (Å²) < 4.78 is 0. The zero-order chi connectivity index (χ0) is 42.5. The van der Waals surface area contributed by atoms with E-state index in [1.807, 2.05) is 0 Å². The van der Waals surface area contributed by atoms with Crippen LogP contribution in [0.4, 0.5) is 0 Å². The van der Waals surface area contributed by atoms with Gasteiger partial charge in [-0.25, -0.2) is 0 Å². The molecule has 6 aromatic carbocycles. The molecular formula is C54H66Ge2Si3. The minimum atomic E-state index is 0. The summed E-state index contributed by atoms with van der Waals surface area (Å²) in [6.45, 7) is 39.9. The molecule has 0 aliphatic rings. The van der Waals surface area contributed by atoms with Crippen molar-refractivity contribution in [1.82, 2.24) is 0 Å². The largest absolute Gasteiger partial charge is 0.122 e. The van der Waals surface area contributed by atoms with Crippen LogP contribution in [0.15, 0.2) is 72.8 Å². The number of benzene rings is 6. The minimum Gasteiger partial charge on any atom is -0.0565 e. The molecule has 6 aromatic rings. The van der Waals surface area contributed by atoms with Crippen molar-refractivity contribution in [3.63, 3.8) is 0 Å². The van der Waals surface area contributed by atoms with Crippen molar-refractivity contribution in [3.05, 3.63) is 173 Å². The molecule has 0 fully saturated rings. The van der Waals surface area contributed by atoms with Crippen molar-refractivity contribution in [2.24, 2.45) is 0 Å². The average Bonchev–Trinajstić information content (AvgIpc) is 3.05. The van der Waals surface area contributed by atoms with Gasteiger partial charge in [0.25, 0.3) is 0 Å². The first kappa shape index (κ1) is 52.2. The molecule has 0 nitrogen and oxygen atoms in total. The molecule has 5 heteroatoms. The number of rotatable bonds is 6. The fraction of sp³-hybridized carbons (Fsp3) is 0.333. The van der Waals surface area contributed by atoms with Crippen molar-refractivity contribution in [1.29, 1.82) is 0 Å². The van der Waals surface area contributed by atoms with Gasteiger partial charge in [0.1, 0.15) is 28.6 Å². The van der Waals surface area contributed by atoms with Gasteiger partial charge in [-0.15, -0.1) is 0 Å². The van der Waals surface area contributed by atoms with E-state index in [0.717, 1.165) is 28.6 Å². The normalized spacial score (nSPS) is 10.5. The van der Waals surface area contributed by atoms with Crippen molar-refractivity contribution in [2.75, 3.05) is 0 Å². The molecule has 0 unspecified atom stereocenters. The summed E-state index contributed by atoms with van der Waals surface area (Å²) in [4.78, 5) is 0. The van der Waals surface area contributed by atoms with Gasteiger partial charge >= 0.3 is 0 Å². The van der Waals surface area contributed by atoms with Gasteiger partial charge in [-0.05, 0) is 125 Å². The van der Waals surface area contributed by atoms with Crippen LogP contribution in [0.2, 0.25) is 0 Å². The molecule has 14 radical (unpaired) electrons. The van der Waals surface area contributed by atoms with E-state index in [2.05, 4.69) is 197 Å². The van der Waals surface area contributed by atoms with Crippen LogP contribution >= 0.6 is 0 Å². The summed E-state index contributed by atoms with van der Waals surface area (Å²) in [5, 5.41) is 9.09. The van der Waals surface area contributed by atoms with Gasteiger partial charge in [-0.1, -0.05) is 204 Å². The molecule has 0 amide bonds. The second-order valence-electron chi connectivity index (χ2n) is 17.0. The zero-order valence-corrected chi connectivity index (χ0v) is 46.6. The zero-order valence-electron chi connectivity index (χ0n) is 39.4. The van der Waals surface area contributed by atoms with Gasteiger partial charge in [0.15, 0.2) is 0 Å². The summed E-state index contributed by atoms with van der Waals surface area (Å²) >= 11 is 0. The Hall–Kier alpha value is -2.94. The van der Waals surface area contributed by atoms with E-state index in [1.165, 1.54) is 131 Å². The third kappa shape index (κ3) is 14.0. The third-order valence-corrected chi connectivity index (χ3v) is 17.0. The molecule has 0 saturated heterocycles. The summed E-state index contributed by atoms with van der Waals surface area (Å²) in [5.41, 5.74) is 25.3. The van der Waals surface area contributed by atoms with Crippen LogP contribution in [-0.2, 0) is 0 Å². The molecular weight excluding hydrogens is 878 g/mol. The first-order chi connectivity index (χ1) is 26.6. The first-order valence-corrected chi connectivity index (χ1v) is 23.4. The fourth-order valence-electron chi connectivity index (χ4n) is 8.64. The fourth-order valence-corrected chi connectivity index (χ4v) is 12.6. The number of aryl methyl sites for hydroxylation is 18. The van der Waals surface area contributed by atoms with Gasteiger partial charge in [0, 0.05) is 35.2 Å². The predicted molar refractivity (Wildman–Crippen MR) is 270 cm³/mol. The molecule has 0 N–H and O–H groups in total. The van der Waals surface area contributed by atoms with Gasteiger partial charge in [-0.3, -0.25) is 0 Å². The van der Waals surface area contributed by atoms with Crippen LogP contribution in [0.1, 0.15) is 100 Å². The van der Waals surface area contributed by atoms with Gasteiger partial charge in [0.2, 0.25) is 0 Å². The van der Waals surface area contributed by atoms with E-state index in [4.69, 9.17) is 0 Å². The van der Waals surface area contributed by atoms with Crippen molar-refractivity contribution in [2.45, 2.75) is 125 Å². The second-order valence-corrected chi connectivity index (χ2v) is 20.8. The Morgan fingerprint density at radius 1 is 0.186 bits per heavy atom. The van der Waals surface area contributed by atoms with E-state index in [9.17, 15) is 0 Å². The molecule has 302 valence electrons. The molecule has 0 aliphatic carbocycles. The minimum absolute atomic E-state index is 0. The molecule has 0 saturated carbocycles. The molecule has 59 heavy (non-hydrogen) atoms. The van der Waals surface area contributed by atoms with E-state index < -0.39 is 0 Å². The molecule has 6 rings (SSSR count). The predicted octanol–water partition coefficient (Wildman–Crippen LogP) is 8.81. The Bertz CT molecular complexity index is 1850. The van der Waals surface area contributed by atoms with Crippen LogP contribution in [0.5, 0.6) is 0 Å². The van der Waals surface area contributed by atoms with Crippen molar-refractivity contribution < 1.29 is 0 Å². The smallest absolute Gasteiger partial charge is 0.0565 e. The van der Waals surface area contributed by atoms with Crippen LogP contribution in [0.3, 0.4) is 0 Å². The summed E-state index contributed by atoms with van der Waals surface area (Å²) in [6.07, 6.45) is 0. The van der Waals surface area contributed by atoms with Crippen LogP contribution in [0, 0.1) is 125 Å². The summed E-state index contributed by atoms with van der Waals surface area (Å²) in [6, 6.07) is 27.6. The van der Waals surface area contributed by atoms with E-state index in [-0.39, 0.29) is 35.2 Å². The Kier molecular flexibility index (Phi) is 20.1. The second kappa shape index (κ2) is 22.8. The molecule has 0 spiro atoms. The summed E-state index contributed by atoms with van der Waals surface area (Å²) in [5.74, 6) is 0.